The Bertz CT molecular complexity index is 287. The Morgan fingerprint density at radius 1 is 1.45 bits per heavy atom. The van der Waals surface area contributed by atoms with Crippen LogP contribution in [-0.4, -0.2) is 6.54 Å². The second-order valence-corrected chi connectivity index (χ2v) is 3.87. The molecule has 1 aliphatic rings. The fraction of sp³-hybridized carbons (Fsp3) is 0.250. The molecule has 0 atom stereocenters. The normalized spacial score (nSPS) is 15.3. The van der Waals surface area contributed by atoms with E-state index in [9.17, 15) is 5.21 Å². The summed E-state index contributed by atoms with van der Waals surface area (Å²) in [5.74, 6) is 0. The van der Waals surface area contributed by atoms with Crippen LogP contribution >= 0.6 is 22.6 Å². The number of rotatable bonds is 0. The number of nitrogens with zero attached hydrogens (tertiary/aromatic N) is 1. The molecule has 1 aromatic carbocycles. The van der Waals surface area contributed by atoms with Crippen LogP contribution < -0.4 is 5.06 Å². The number of benzene rings is 1. The van der Waals surface area contributed by atoms with Gasteiger partial charge in [-0.15, -0.1) is 0 Å². The zero-order valence-electron chi connectivity index (χ0n) is 5.88. The van der Waals surface area contributed by atoms with Gasteiger partial charge >= 0.3 is 0 Å². The number of hydrogen-bond donors (Lipinski definition) is 0. The predicted octanol–water partition coefficient (Wildman–Crippen LogP) is 2.15. The molecule has 0 saturated carbocycles. The number of hydroxylamine groups is 1. The van der Waals surface area contributed by atoms with E-state index in [1.54, 1.807) is 0 Å². The average Bonchev–Trinajstić information content (AvgIpc) is 2.33. The molecule has 2 rings (SSSR count). The molecule has 0 radical (unpaired) electrons. The van der Waals surface area contributed by atoms with Gasteiger partial charge in [-0.2, -0.15) is 0 Å². The first-order chi connectivity index (χ1) is 5.27. The van der Waals surface area contributed by atoms with E-state index < -0.39 is 0 Å². The molecule has 11 heavy (non-hydrogen) atoms. The molecule has 0 aromatic heterocycles. The van der Waals surface area contributed by atoms with Crippen molar-refractivity contribution in [2.24, 2.45) is 0 Å². The second-order valence-electron chi connectivity index (χ2n) is 2.63. The first-order valence-electron chi connectivity index (χ1n) is 3.50. The Kier molecular flexibility index (Phi) is 1.77. The smallest absolute Gasteiger partial charge is 0.0303 e. The van der Waals surface area contributed by atoms with E-state index in [1.165, 1.54) is 5.56 Å². The van der Waals surface area contributed by atoms with Crippen LogP contribution in [0.25, 0.3) is 0 Å². The quantitative estimate of drug-likeness (QED) is 0.668. The Balaban J connectivity index is 2.52. The number of hydrogen-bond acceptors (Lipinski definition) is 2. The zero-order chi connectivity index (χ0) is 7.84. The maximum Gasteiger partial charge on any atom is 0.0303 e. The molecule has 0 unspecified atom stereocenters. The highest BCUT2D eigenvalue weighted by molar-refractivity contribution is 14.1. The second kappa shape index (κ2) is 2.64. The summed E-state index contributed by atoms with van der Waals surface area (Å²) in [6.07, 6.45) is 0.899. The van der Waals surface area contributed by atoms with Gasteiger partial charge in [0.05, 0.1) is 0 Å². The molecular formula is C8H7INO-. The van der Waals surface area contributed by atoms with Crippen molar-refractivity contribution in [3.8, 4) is 0 Å². The minimum absolute atomic E-state index is 0.620. The van der Waals surface area contributed by atoms with E-state index in [-0.39, 0.29) is 0 Å². The summed E-state index contributed by atoms with van der Waals surface area (Å²) in [5, 5.41) is 12.2. The molecule has 0 N–H and O–H groups in total. The van der Waals surface area contributed by atoms with E-state index in [0.29, 0.717) is 6.54 Å². The summed E-state index contributed by atoms with van der Waals surface area (Å²) in [7, 11) is 0. The SMILES string of the molecule is [O-]N1CCc2ccc(I)cc21. The van der Waals surface area contributed by atoms with Gasteiger partial charge in [0.25, 0.3) is 0 Å². The van der Waals surface area contributed by atoms with Crippen LogP contribution in [0.1, 0.15) is 5.56 Å². The maximum atomic E-state index is 11.1. The van der Waals surface area contributed by atoms with Crippen molar-refractivity contribution in [2.75, 3.05) is 11.6 Å². The Morgan fingerprint density at radius 3 is 3.09 bits per heavy atom. The van der Waals surface area contributed by atoms with Crippen LogP contribution in [0.3, 0.4) is 0 Å². The average molecular weight is 260 g/mol. The first-order valence-corrected chi connectivity index (χ1v) is 4.58. The van der Waals surface area contributed by atoms with Crippen molar-refractivity contribution in [3.05, 3.63) is 32.5 Å². The van der Waals surface area contributed by atoms with Gasteiger partial charge in [-0.25, -0.2) is 0 Å². The van der Waals surface area contributed by atoms with Crippen LogP contribution in [0.5, 0.6) is 0 Å². The molecule has 1 aromatic rings. The lowest BCUT2D eigenvalue weighted by molar-refractivity contribution is 0.997. The number of anilines is 1. The van der Waals surface area contributed by atoms with Crippen molar-refractivity contribution in [3.63, 3.8) is 0 Å². The summed E-state index contributed by atoms with van der Waals surface area (Å²) in [6, 6.07) is 6.02. The highest BCUT2D eigenvalue weighted by Crippen LogP contribution is 2.28. The fourth-order valence-electron chi connectivity index (χ4n) is 1.32. The summed E-state index contributed by atoms with van der Waals surface area (Å²) < 4.78 is 1.13. The maximum absolute atomic E-state index is 11.1. The monoisotopic (exact) mass is 260 g/mol. The Hall–Kier alpha value is -0.290. The third-order valence-electron chi connectivity index (χ3n) is 1.90. The predicted molar refractivity (Wildman–Crippen MR) is 53.6 cm³/mol. The summed E-state index contributed by atoms with van der Waals surface area (Å²) in [6.45, 7) is 0.620. The molecule has 0 amide bonds. The van der Waals surface area contributed by atoms with Crippen molar-refractivity contribution < 1.29 is 0 Å². The minimum Gasteiger partial charge on any atom is -0.758 e. The molecule has 0 bridgehead atoms. The standard InChI is InChI=1S/C8H7INO/c9-7-2-1-6-3-4-10(11)8(6)5-7/h1-2,5H,3-4H2/q-1. The topological polar surface area (TPSA) is 26.3 Å². The molecule has 3 heteroatoms. The van der Waals surface area contributed by atoms with E-state index in [0.717, 1.165) is 20.7 Å². The van der Waals surface area contributed by atoms with Gasteiger partial charge in [-0.1, -0.05) is 6.07 Å². The van der Waals surface area contributed by atoms with E-state index in [1.807, 2.05) is 18.2 Å². The molecule has 0 aliphatic carbocycles. The third-order valence-corrected chi connectivity index (χ3v) is 2.57. The molecule has 1 heterocycles. The third kappa shape index (κ3) is 1.22. The van der Waals surface area contributed by atoms with Gasteiger partial charge in [-0.05, 0) is 46.7 Å². The van der Waals surface area contributed by atoms with Gasteiger partial charge in [0.2, 0.25) is 0 Å². The van der Waals surface area contributed by atoms with Crippen LogP contribution in [0, 0.1) is 8.78 Å². The molecule has 0 fully saturated rings. The van der Waals surface area contributed by atoms with Crippen molar-refractivity contribution >= 4 is 28.3 Å². The zero-order valence-corrected chi connectivity index (χ0v) is 8.04. The number of fused-ring (bicyclic) bond motifs is 1. The van der Waals surface area contributed by atoms with Crippen molar-refractivity contribution in [1.82, 2.24) is 0 Å². The van der Waals surface area contributed by atoms with E-state index >= 15 is 0 Å². The van der Waals surface area contributed by atoms with Gasteiger partial charge in [0.15, 0.2) is 0 Å². The summed E-state index contributed by atoms with van der Waals surface area (Å²) >= 11 is 2.22. The van der Waals surface area contributed by atoms with Gasteiger partial charge < -0.3 is 10.3 Å². The highest BCUT2D eigenvalue weighted by atomic mass is 127. The largest absolute Gasteiger partial charge is 0.758 e. The lowest BCUT2D eigenvalue weighted by Gasteiger charge is -2.24. The van der Waals surface area contributed by atoms with Crippen LogP contribution in [0.15, 0.2) is 18.2 Å². The Labute approximate surface area is 78.9 Å². The minimum atomic E-state index is 0.620. The summed E-state index contributed by atoms with van der Waals surface area (Å²) in [5.41, 5.74) is 2.04. The van der Waals surface area contributed by atoms with Crippen molar-refractivity contribution in [2.45, 2.75) is 6.42 Å². The van der Waals surface area contributed by atoms with Crippen LogP contribution in [0.4, 0.5) is 5.69 Å². The lowest BCUT2D eigenvalue weighted by Crippen LogP contribution is -2.09. The van der Waals surface area contributed by atoms with Crippen LogP contribution in [0.2, 0.25) is 0 Å². The van der Waals surface area contributed by atoms with Crippen LogP contribution in [-0.2, 0) is 6.42 Å². The van der Waals surface area contributed by atoms with Gasteiger partial charge in [0.1, 0.15) is 0 Å². The molecular weight excluding hydrogens is 253 g/mol. The molecule has 0 spiro atoms. The van der Waals surface area contributed by atoms with Crippen molar-refractivity contribution in [1.29, 1.82) is 0 Å². The molecule has 1 aliphatic heterocycles. The summed E-state index contributed by atoms with van der Waals surface area (Å²) in [4.78, 5) is 0. The first kappa shape index (κ1) is 7.36. The molecule has 58 valence electrons. The van der Waals surface area contributed by atoms with E-state index in [2.05, 4.69) is 22.6 Å². The van der Waals surface area contributed by atoms with Gasteiger partial charge in [0, 0.05) is 15.8 Å². The van der Waals surface area contributed by atoms with Gasteiger partial charge in [-0.3, -0.25) is 0 Å². The fourth-order valence-corrected chi connectivity index (χ4v) is 1.80. The lowest BCUT2D eigenvalue weighted by atomic mass is 10.2. The van der Waals surface area contributed by atoms with E-state index in [4.69, 9.17) is 0 Å². The Morgan fingerprint density at radius 2 is 2.27 bits per heavy atom. The number of halogens is 1. The molecule has 0 saturated heterocycles. The molecule has 2 nitrogen and oxygen atoms in total. The highest BCUT2D eigenvalue weighted by Gasteiger charge is 2.11.